The molecule has 26 valence electrons. The first-order chi connectivity index (χ1) is 1.73. The zero-order valence-electron chi connectivity index (χ0n) is 2.47. The Morgan fingerprint density at radius 3 is 2.00 bits per heavy atom. The van der Waals surface area contributed by atoms with Crippen LogP contribution >= 0.6 is 8.30 Å². The van der Waals surface area contributed by atoms with Crippen LogP contribution in [-0.4, -0.2) is 11.6 Å². The Hall–Kier alpha value is 0.350. The zero-order chi connectivity index (χ0) is 3.58. The van der Waals surface area contributed by atoms with Crippen LogP contribution in [0.2, 0.25) is 0 Å². The molecule has 1 atom stereocenters. The van der Waals surface area contributed by atoms with Crippen molar-refractivity contribution >= 4 is 8.30 Å². The van der Waals surface area contributed by atoms with Gasteiger partial charge < -0.3 is 4.89 Å². The van der Waals surface area contributed by atoms with Crippen molar-refractivity contribution in [3.05, 3.63) is 0 Å². The highest BCUT2D eigenvalue weighted by Gasteiger charge is 1.68. The summed E-state index contributed by atoms with van der Waals surface area (Å²) in [5.74, 6) is 0. The number of rotatable bonds is 0. The van der Waals surface area contributed by atoms with E-state index >= 15 is 0 Å². The summed E-state index contributed by atoms with van der Waals surface area (Å²) in [6, 6.07) is 0. The number of hydrogen-bond acceptors (Lipinski definition) is 2. The summed E-state index contributed by atoms with van der Waals surface area (Å²) < 4.78 is 0. The van der Waals surface area contributed by atoms with Crippen molar-refractivity contribution in [2.45, 2.75) is 0 Å². The normalized spacial score (nSPS) is 15.8. The van der Waals surface area contributed by atoms with Crippen LogP contribution in [-0.2, 0) is 0 Å². The summed E-state index contributed by atoms with van der Waals surface area (Å²) in [6.07, 6.45) is 0. The van der Waals surface area contributed by atoms with Gasteiger partial charge in [0.15, 0.2) is 0 Å². The highest BCUT2D eigenvalue weighted by Crippen LogP contribution is 2.06. The molecule has 0 aromatic heterocycles. The quantitative estimate of drug-likeness (QED) is 0.397. The fourth-order valence-electron chi connectivity index (χ4n) is 0. The van der Waals surface area contributed by atoms with Gasteiger partial charge in [0.2, 0.25) is 0 Å². The molecule has 0 saturated carbocycles. The van der Waals surface area contributed by atoms with Gasteiger partial charge in [0.1, 0.15) is 0 Å². The zero-order valence-corrected chi connectivity index (χ0v) is 3.37. The first kappa shape index (κ1) is 4.35. The molecule has 0 radical (unpaired) electrons. The first-order valence-electron chi connectivity index (χ1n) is 0.905. The van der Waals surface area contributed by atoms with E-state index in [1.165, 1.54) is 0 Å². The molecule has 3 heteroatoms. The minimum absolute atomic E-state index is 1.12. The second-order valence-corrected chi connectivity index (χ2v) is 1.72. The Balaban J connectivity index is 2.32. The van der Waals surface area contributed by atoms with Crippen LogP contribution in [0.5, 0.6) is 0 Å². The van der Waals surface area contributed by atoms with Crippen molar-refractivity contribution in [3.63, 3.8) is 0 Å². The van der Waals surface area contributed by atoms with Gasteiger partial charge in [-0.05, 0) is 6.66 Å². The van der Waals surface area contributed by atoms with Crippen LogP contribution < -0.4 is 5.50 Å². The lowest BCUT2D eigenvalue weighted by Crippen LogP contribution is -1.77. The molecule has 0 heterocycles. The third kappa shape index (κ3) is 35.0. The molecule has 4 heavy (non-hydrogen) atoms. The van der Waals surface area contributed by atoms with Crippen LogP contribution in [0.15, 0.2) is 0 Å². The Bertz CT molecular complexity index is 12.8. The molecular weight excluding hydrogens is 73.0 g/mol. The summed E-state index contributed by atoms with van der Waals surface area (Å²) in [7, 11) is -1.12. The van der Waals surface area contributed by atoms with Crippen LogP contribution in [0, 0.1) is 0 Å². The highest BCUT2D eigenvalue weighted by molar-refractivity contribution is 7.47. The van der Waals surface area contributed by atoms with E-state index in [0.717, 1.165) is 0 Å². The molecule has 0 saturated heterocycles. The molecule has 0 aliphatic carbocycles. The minimum Gasteiger partial charge on any atom is -0.359 e. The lowest BCUT2D eigenvalue weighted by atomic mass is 12.0. The van der Waals surface area contributed by atoms with Crippen molar-refractivity contribution in [2.24, 2.45) is 5.50 Å². The number of hydrogen-bond donors (Lipinski definition) is 2. The summed E-state index contributed by atoms with van der Waals surface area (Å²) in [5, 5.41) is 0. The van der Waals surface area contributed by atoms with Gasteiger partial charge in [-0.25, -0.2) is 0 Å². The molecule has 0 amide bonds. The molecule has 0 aliphatic rings. The maximum Gasteiger partial charge on any atom is 0.0916 e. The highest BCUT2D eigenvalue weighted by atomic mass is 31.2. The van der Waals surface area contributed by atoms with Crippen molar-refractivity contribution in [3.8, 4) is 0 Å². The fraction of sp³-hybridized carbons (Fsp3) is 1.00. The summed E-state index contributed by atoms with van der Waals surface area (Å²) >= 11 is 0. The molecule has 0 rings (SSSR count). The van der Waals surface area contributed by atoms with Crippen molar-refractivity contribution in [1.29, 1.82) is 0 Å². The summed E-state index contributed by atoms with van der Waals surface area (Å²) in [4.78, 5) is 7.90. The lowest BCUT2D eigenvalue weighted by molar-refractivity contribution is 0.632. The second-order valence-electron chi connectivity index (χ2n) is 0.574. The molecule has 0 spiro atoms. The van der Waals surface area contributed by atoms with E-state index in [4.69, 9.17) is 10.4 Å². The summed E-state index contributed by atoms with van der Waals surface area (Å²) in [5.41, 5.74) is 4.73. The Labute approximate surface area is 26.5 Å². The smallest absolute Gasteiger partial charge is 0.0916 e. The van der Waals surface area contributed by atoms with Crippen molar-refractivity contribution < 1.29 is 4.89 Å². The van der Waals surface area contributed by atoms with E-state index in [9.17, 15) is 0 Å². The van der Waals surface area contributed by atoms with Crippen LogP contribution in [0.4, 0.5) is 0 Å². The maximum absolute atomic E-state index is 7.90. The number of nitrogens with two attached hydrogens (primary N) is 1. The van der Waals surface area contributed by atoms with E-state index in [0.29, 0.717) is 0 Å². The predicted molar refractivity (Wildman–Crippen MR) is 19.3 cm³/mol. The van der Waals surface area contributed by atoms with E-state index < -0.39 is 8.30 Å². The average Bonchev–Trinajstić information content (AvgIpc) is 0.811. The van der Waals surface area contributed by atoms with Gasteiger partial charge in [-0.15, -0.1) is 0 Å². The monoisotopic (exact) mass is 79.0 g/mol. The molecule has 1 unspecified atom stereocenters. The third-order valence-corrected chi connectivity index (χ3v) is 0. The molecule has 0 aromatic rings. The van der Waals surface area contributed by atoms with Gasteiger partial charge in [0.25, 0.3) is 0 Å². The van der Waals surface area contributed by atoms with Gasteiger partial charge >= 0.3 is 0 Å². The second kappa shape index (κ2) is 1.65. The first-order valence-corrected chi connectivity index (χ1v) is 2.72. The van der Waals surface area contributed by atoms with Gasteiger partial charge in [-0.3, -0.25) is 5.50 Å². The SMILES string of the molecule is CP(N)O. The largest absolute Gasteiger partial charge is 0.359 e. The minimum atomic E-state index is -1.12. The molecule has 0 bridgehead atoms. The van der Waals surface area contributed by atoms with E-state index in [2.05, 4.69) is 0 Å². The standard InChI is InChI=1S/CH6NOP/c1-4(2)3/h3H,2H2,1H3. The predicted octanol–water partition coefficient (Wildman–Crippen LogP) is -0.121. The van der Waals surface area contributed by atoms with Crippen molar-refractivity contribution in [2.75, 3.05) is 6.66 Å². The van der Waals surface area contributed by atoms with Crippen LogP contribution in [0.25, 0.3) is 0 Å². The van der Waals surface area contributed by atoms with Gasteiger partial charge in [0.05, 0.1) is 8.30 Å². The molecule has 0 aliphatic heterocycles. The molecule has 0 fully saturated rings. The molecular formula is CH6NOP. The lowest BCUT2D eigenvalue weighted by Gasteiger charge is -1.81. The van der Waals surface area contributed by atoms with Crippen LogP contribution in [0.3, 0.4) is 0 Å². The average molecular weight is 79.0 g/mol. The van der Waals surface area contributed by atoms with Gasteiger partial charge in [0, 0.05) is 0 Å². The van der Waals surface area contributed by atoms with Crippen LogP contribution in [0.1, 0.15) is 0 Å². The van der Waals surface area contributed by atoms with Crippen molar-refractivity contribution in [1.82, 2.24) is 0 Å². The molecule has 0 aromatic carbocycles. The van der Waals surface area contributed by atoms with E-state index in [-0.39, 0.29) is 0 Å². The topological polar surface area (TPSA) is 46.2 Å². The van der Waals surface area contributed by atoms with E-state index in [1.54, 1.807) is 6.66 Å². The Morgan fingerprint density at radius 2 is 2.00 bits per heavy atom. The molecule has 2 nitrogen and oxygen atoms in total. The van der Waals surface area contributed by atoms with Gasteiger partial charge in [-0.1, -0.05) is 0 Å². The summed E-state index contributed by atoms with van der Waals surface area (Å²) in [6.45, 7) is 1.56. The third-order valence-electron chi connectivity index (χ3n) is 0. The van der Waals surface area contributed by atoms with Gasteiger partial charge in [-0.2, -0.15) is 0 Å². The fourth-order valence-corrected chi connectivity index (χ4v) is 0. The molecule has 3 N–H and O–H groups in total. The Kier molecular flexibility index (Phi) is 1.79. The van der Waals surface area contributed by atoms with E-state index in [1.807, 2.05) is 0 Å². The Morgan fingerprint density at radius 1 is 2.00 bits per heavy atom. The maximum atomic E-state index is 7.90.